The lowest BCUT2D eigenvalue weighted by Crippen LogP contribution is -2.48. The van der Waals surface area contributed by atoms with Crippen molar-refractivity contribution >= 4 is 35.0 Å². The third kappa shape index (κ3) is 5.09. The van der Waals surface area contributed by atoms with Crippen molar-refractivity contribution in [1.82, 2.24) is 4.90 Å². The summed E-state index contributed by atoms with van der Waals surface area (Å²) < 4.78 is 0. The Morgan fingerprint density at radius 3 is 2.03 bits per heavy atom. The SMILES string of the molecule is CC(C)CC(C(=O)Nc1cccc(NC(=O)C(C)(C)C)c1)N1C(=O)C2CC=CCC2C1=O. The van der Waals surface area contributed by atoms with Crippen LogP contribution in [0, 0.1) is 23.2 Å². The van der Waals surface area contributed by atoms with E-state index < -0.39 is 17.4 Å². The smallest absolute Gasteiger partial charge is 0.247 e. The van der Waals surface area contributed by atoms with Crippen molar-refractivity contribution in [3.05, 3.63) is 36.4 Å². The molecule has 1 aliphatic heterocycles. The van der Waals surface area contributed by atoms with E-state index in [0.717, 1.165) is 0 Å². The fourth-order valence-corrected chi connectivity index (χ4v) is 4.13. The number of likely N-dealkylation sites (tertiary alicyclic amines) is 1. The quantitative estimate of drug-likeness (QED) is 0.518. The van der Waals surface area contributed by atoms with Crippen LogP contribution < -0.4 is 10.6 Å². The molecular formula is C25H33N3O4. The van der Waals surface area contributed by atoms with E-state index in [0.29, 0.717) is 30.6 Å². The Kier molecular flexibility index (Phi) is 6.86. The number of anilines is 2. The van der Waals surface area contributed by atoms with Gasteiger partial charge in [0.15, 0.2) is 0 Å². The number of carbonyl (C=O) groups is 4. The number of imide groups is 1. The number of carbonyl (C=O) groups excluding carboxylic acids is 4. The zero-order chi connectivity index (χ0) is 23.6. The first kappa shape index (κ1) is 23.7. The van der Waals surface area contributed by atoms with Crippen molar-refractivity contribution in [1.29, 1.82) is 0 Å². The first-order valence-corrected chi connectivity index (χ1v) is 11.2. The minimum atomic E-state index is -0.867. The molecule has 2 aliphatic rings. The predicted octanol–water partition coefficient (Wildman–Crippen LogP) is 3.98. The second-order valence-corrected chi connectivity index (χ2v) is 10.1. The van der Waals surface area contributed by atoms with Crippen LogP contribution in [-0.4, -0.2) is 34.6 Å². The monoisotopic (exact) mass is 439 g/mol. The van der Waals surface area contributed by atoms with Gasteiger partial charge in [0.1, 0.15) is 6.04 Å². The molecular weight excluding hydrogens is 406 g/mol. The molecule has 4 amide bonds. The maximum Gasteiger partial charge on any atom is 0.247 e. The second kappa shape index (κ2) is 9.27. The number of nitrogens with one attached hydrogen (secondary N) is 2. The summed E-state index contributed by atoms with van der Waals surface area (Å²) in [5, 5.41) is 5.69. The molecule has 0 bridgehead atoms. The number of allylic oxidation sites excluding steroid dienone is 2. The maximum atomic E-state index is 13.3. The molecule has 3 atom stereocenters. The standard InChI is InChI=1S/C25H33N3O4/c1-15(2)13-20(28-22(30)18-11-6-7-12-19(18)23(28)31)21(29)26-16-9-8-10-17(14-16)27-24(32)25(3,4)5/h6-10,14-15,18-20H,11-13H2,1-5H3,(H,26,29)(H,27,32). The van der Waals surface area contributed by atoms with Crippen LogP contribution in [0.5, 0.6) is 0 Å². The van der Waals surface area contributed by atoms with Gasteiger partial charge < -0.3 is 10.6 Å². The van der Waals surface area contributed by atoms with Crippen molar-refractivity contribution in [2.24, 2.45) is 23.2 Å². The molecule has 0 spiro atoms. The molecule has 1 saturated heterocycles. The van der Waals surface area contributed by atoms with Crippen LogP contribution in [0.2, 0.25) is 0 Å². The maximum absolute atomic E-state index is 13.3. The Balaban J connectivity index is 1.79. The van der Waals surface area contributed by atoms with Crippen LogP contribution in [-0.2, 0) is 19.2 Å². The molecule has 0 saturated carbocycles. The van der Waals surface area contributed by atoms with Gasteiger partial charge in [0.25, 0.3) is 0 Å². The number of hydrogen-bond acceptors (Lipinski definition) is 4. The normalized spacial score (nSPS) is 21.5. The molecule has 7 nitrogen and oxygen atoms in total. The van der Waals surface area contributed by atoms with E-state index in [1.54, 1.807) is 24.3 Å². The Hall–Kier alpha value is -2.96. The Bertz CT molecular complexity index is 919. The van der Waals surface area contributed by atoms with E-state index in [2.05, 4.69) is 10.6 Å². The van der Waals surface area contributed by atoms with Crippen LogP contribution in [0.25, 0.3) is 0 Å². The summed E-state index contributed by atoms with van der Waals surface area (Å²) in [6.07, 6.45) is 5.33. The van der Waals surface area contributed by atoms with E-state index in [1.165, 1.54) is 4.90 Å². The zero-order valence-electron chi connectivity index (χ0n) is 19.5. The first-order chi connectivity index (χ1) is 15.0. The van der Waals surface area contributed by atoms with Gasteiger partial charge in [0.05, 0.1) is 11.8 Å². The van der Waals surface area contributed by atoms with Crippen molar-refractivity contribution in [3.63, 3.8) is 0 Å². The summed E-state index contributed by atoms with van der Waals surface area (Å²) >= 11 is 0. The Labute approximate surface area is 189 Å². The number of benzene rings is 1. The van der Waals surface area contributed by atoms with Crippen LogP contribution in [0.1, 0.15) is 53.9 Å². The Morgan fingerprint density at radius 2 is 1.53 bits per heavy atom. The minimum Gasteiger partial charge on any atom is -0.326 e. The van der Waals surface area contributed by atoms with Crippen molar-refractivity contribution in [2.75, 3.05) is 10.6 Å². The highest BCUT2D eigenvalue weighted by Crippen LogP contribution is 2.37. The molecule has 1 heterocycles. The van der Waals surface area contributed by atoms with Gasteiger partial charge in [-0.3, -0.25) is 24.1 Å². The molecule has 1 fully saturated rings. The van der Waals surface area contributed by atoms with Gasteiger partial charge in [-0.15, -0.1) is 0 Å². The predicted molar refractivity (Wildman–Crippen MR) is 124 cm³/mol. The molecule has 2 N–H and O–H groups in total. The third-order valence-corrected chi connectivity index (χ3v) is 5.92. The van der Waals surface area contributed by atoms with Crippen molar-refractivity contribution in [3.8, 4) is 0 Å². The highest BCUT2D eigenvalue weighted by molar-refractivity contribution is 6.10. The number of fused-ring (bicyclic) bond motifs is 1. The molecule has 32 heavy (non-hydrogen) atoms. The number of hydrogen-bond donors (Lipinski definition) is 2. The van der Waals surface area contributed by atoms with Gasteiger partial charge in [0.2, 0.25) is 23.6 Å². The van der Waals surface area contributed by atoms with Crippen LogP contribution in [0.3, 0.4) is 0 Å². The highest BCUT2D eigenvalue weighted by atomic mass is 16.2. The van der Waals surface area contributed by atoms with E-state index in [9.17, 15) is 19.2 Å². The summed E-state index contributed by atoms with van der Waals surface area (Å²) in [7, 11) is 0. The largest absolute Gasteiger partial charge is 0.326 e. The Morgan fingerprint density at radius 1 is 1.00 bits per heavy atom. The molecule has 1 aliphatic carbocycles. The average molecular weight is 440 g/mol. The van der Waals surface area contributed by atoms with E-state index in [1.807, 2.05) is 46.8 Å². The van der Waals surface area contributed by atoms with Gasteiger partial charge in [-0.1, -0.05) is 52.8 Å². The third-order valence-electron chi connectivity index (χ3n) is 5.92. The fraction of sp³-hybridized carbons (Fsp3) is 0.520. The fourth-order valence-electron chi connectivity index (χ4n) is 4.13. The molecule has 7 heteroatoms. The average Bonchev–Trinajstić information content (AvgIpc) is 2.96. The molecule has 1 aromatic rings. The minimum absolute atomic E-state index is 0.115. The van der Waals surface area contributed by atoms with Crippen molar-refractivity contribution < 1.29 is 19.2 Å². The van der Waals surface area contributed by atoms with Gasteiger partial charge in [-0.25, -0.2) is 0 Å². The lowest BCUT2D eigenvalue weighted by Gasteiger charge is -2.27. The van der Waals surface area contributed by atoms with Crippen LogP contribution in [0.4, 0.5) is 11.4 Å². The number of rotatable bonds is 6. The summed E-state index contributed by atoms with van der Waals surface area (Å²) in [6, 6.07) is 6.00. The van der Waals surface area contributed by atoms with Crippen LogP contribution >= 0.6 is 0 Å². The summed E-state index contributed by atoms with van der Waals surface area (Å²) in [6.45, 7) is 9.39. The van der Waals surface area contributed by atoms with Gasteiger partial charge in [-0.2, -0.15) is 0 Å². The molecule has 0 aromatic heterocycles. The molecule has 172 valence electrons. The summed E-state index contributed by atoms with van der Waals surface area (Å²) in [5.41, 5.74) is 0.506. The molecule has 0 radical (unpaired) electrons. The summed E-state index contributed by atoms with van der Waals surface area (Å²) in [4.78, 5) is 52.8. The molecule has 3 unspecified atom stereocenters. The number of amides is 4. The van der Waals surface area contributed by atoms with E-state index in [4.69, 9.17) is 0 Å². The lowest BCUT2D eigenvalue weighted by atomic mass is 9.85. The molecule has 3 rings (SSSR count). The molecule has 1 aromatic carbocycles. The van der Waals surface area contributed by atoms with Gasteiger partial charge in [0, 0.05) is 16.8 Å². The van der Waals surface area contributed by atoms with Crippen molar-refractivity contribution in [2.45, 2.75) is 59.9 Å². The first-order valence-electron chi connectivity index (χ1n) is 11.2. The highest BCUT2D eigenvalue weighted by Gasteiger charge is 2.51. The second-order valence-electron chi connectivity index (χ2n) is 10.1. The van der Waals surface area contributed by atoms with Gasteiger partial charge in [-0.05, 0) is 43.4 Å². The van der Waals surface area contributed by atoms with Crippen LogP contribution in [0.15, 0.2) is 36.4 Å². The van der Waals surface area contributed by atoms with E-state index >= 15 is 0 Å². The zero-order valence-corrected chi connectivity index (χ0v) is 19.5. The topological polar surface area (TPSA) is 95.6 Å². The lowest BCUT2D eigenvalue weighted by molar-refractivity contribution is -0.147. The summed E-state index contributed by atoms with van der Waals surface area (Å²) in [5.74, 6) is -1.66. The number of nitrogens with zero attached hydrogens (tertiary/aromatic N) is 1. The van der Waals surface area contributed by atoms with E-state index in [-0.39, 0.29) is 35.5 Å². The van der Waals surface area contributed by atoms with Gasteiger partial charge >= 0.3 is 0 Å².